The maximum Gasteiger partial charge on any atom is 0.242 e. The second-order valence-corrected chi connectivity index (χ2v) is 8.50. The van der Waals surface area contributed by atoms with Crippen LogP contribution in [-0.2, 0) is 16.1 Å². The van der Waals surface area contributed by atoms with Crippen LogP contribution in [0.5, 0.6) is 0 Å². The van der Waals surface area contributed by atoms with Crippen LogP contribution in [0.2, 0.25) is 10.0 Å². The number of halogens is 2. The molecular weight excluding hydrogens is 427 g/mol. The maximum atomic E-state index is 13.1. The number of likely N-dealkylation sites (N-methyl/N-ethyl adjacent to an activating group) is 1. The highest BCUT2D eigenvalue weighted by molar-refractivity contribution is 7.99. The topological polar surface area (TPSA) is 49.4 Å². The van der Waals surface area contributed by atoms with E-state index >= 15 is 0 Å². The van der Waals surface area contributed by atoms with E-state index in [0.29, 0.717) is 35.2 Å². The Labute approximate surface area is 187 Å². The van der Waals surface area contributed by atoms with Crippen LogP contribution in [0.15, 0.2) is 53.4 Å². The van der Waals surface area contributed by atoms with Gasteiger partial charge in [0.25, 0.3) is 0 Å². The standard InChI is InChI=1S/C22H26Cl2N2O2S/c1-3-20(22(28)25-4-2)26(15-16-10-11-17(23)14-19(16)24)21(27)12-13-29-18-8-6-5-7-9-18/h5-11,14,20H,3-4,12-13,15H2,1-2H3,(H,25,28)/t20-/m1/s1. The van der Waals surface area contributed by atoms with Gasteiger partial charge in [0.2, 0.25) is 11.8 Å². The number of nitrogens with one attached hydrogen (secondary N) is 1. The van der Waals surface area contributed by atoms with Crippen molar-refractivity contribution in [1.82, 2.24) is 10.2 Å². The molecule has 2 aromatic rings. The van der Waals surface area contributed by atoms with E-state index in [2.05, 4.69) is 5.32 Å². The third-order valence-electron chi connectivity index (χ3n) is 4.42. The highest BCUT2D eigenvalue weighted by atomic mass is 35.5. The molecule has 7 heteroatoms. The summed E-state index contributed by atoms with van der Waals surface area (Å²) in [5.41, 5.74) is 0.767. The quantitative estimate of drug-likeness (QED) is 0.489. The summed E-state index contributed by atoms with van der Waals surface area (Å²) in [6, 6.07) is 14.6. The van der Waals surface area contributed by atoms with Gasteiger partial charge in [-0.1, -0.05) is 54.4 Å². The predicted molar refractivity (Wildman–Crippen MR) is 122 cm³/mol. The number of carbonyl (C=O) groups excluding carboxylic acids is 2. The number of nitrogens with zero attached hydrogens (tertiary/aromatic N) is 1. The summed E-state index contributed by atoms with van der Waals surface area (Å²) in [5, 5.41) is 3.85. The Morgan fingerprint density at radius 1 is 1.10 bits per heavy atom. The molecule has 0 saturated carbocycles. The minimum Gasteiger partial charge on any atom is -0.355 e. The first-order chi connectivity index (χ1) is 14.0. The average Bonchev–Trinajstić information content (AvgIpc) is 2.70. The molecule has 0 heterocycles. The fourth-order valence-electron chi connectivity index (χ4n) is 2.96. The summed E-state index contributed by atoms with van der Waals surface area (Å²) in [5.74, 6) is 0.418. The third-order valence-corrected chi connectivity index (χ3v) is 6.02. The van der Waals surface area contributed by atoms with Gasteiger partial charge in [-0.15, -0.1) is 11.8 Å². The Morgan fingerprint density at radius 2 is 1.83 bits per heavy atom. The molecule has 0 aliphatic carbocycles. The van der Waals surface area contributed by atoms with Crippen molar-refractivity contribution in [3.8, 4) is 0 Å². The van der Waals surface area contributed by atoms with Gasteiger partial charge in [-0.3, -0.25) is 9.59 Å². The molecular formula is C22H26Cl2N2O2S. The Morgan fingerprint density at radius 3 is 2.45 bits per heavy atom. The first-order valence-electron chi connectivity index (χ1n) is 9.65. The summed E-state index contributed by atoms with van der Waals surface area (Å²) >= 11 is 13.9. The Kier molecular flexibility index (Phi) is 9.85. The normalized spacial score (nSPS) is 11.7. The van der Waals surface area contributed by atoms with E-state index in [1.165, 1.54) is 0 Å². The van der Waals surface area contributed by atoms with Crippen LogP contribution in [0.3, 0.4) is 0 Å². The van der Waals surface area contributed by atoms with Crippen LogP contribution in [0.4, 0.5) is 0 Å². The minimum absolute atomic E-state index is 0.0717. The zero-order valence-electron chi connectivity index (χ0n) is 16.7. The fourth-order valence-corrected chi connectivity index (χ4v) is 4.29. The molecule has 0 radical (unpaired) electrons. The van der Waals surface area contributed by atoms with Gasteiger partial charge in [-0.25, -0.2) is 0 Å². The lowest BCUT2D eigenvalue weighted by Crippen LogP contribution is -2.49. The molecule has 2 amide bonds. The van der Waals surface area contributed by atoms with E-state index in [0.717, 1.165) is 10.5 Å². The average molecular weight is 453 g/mol. The number of rotatable bonds is 10. The van der Waals surface area contributed by atoms with E-state index in [1.807, 2.05) is 44.2 Å². The molecule has 0 unspecified atom stereocenters. The highest BCUT2D eigenvalue weighted by Gasteiger charge is 2.28. The summed E-state index contributed by atoms with van der Waals surface area (Å²) < 4.78 is 0. The second kappa shape index (κ2) is 12.1. The van der Waals surface area contributed by atoms with Gasteiger partial charge in [-0.2, -0.15) is 0 Å². The summed E-state index contributed by atoms with van der Waals surface area (Å²) in [6.45, 7) is 4.55. The van der Waals surface area contributed by atoms with E-state index < -0.39 is 6.04 Å². The monoisotopic (exact) mass is 452 g/mol. The molecule has 156 valence electrons. The van der Waals surface area contributed by atoms with Crippen LogP contribution in [0, 0.1) is 0 Å². The van der Waals surface area contributed by atoms with Crippen LogP contribution in [0.1, 0.15) is 32.3 Å². The Bertz CT molecular complexity index is 818. The van der Waals surface area contributed by atoms with Gasteiger partial charge in [0.05, 0.1) is 0 Å². The predicted octanol–water partition coefficient (Wildman–Crippen LogP) is 5.42. The maximum absolute atomic E-state index is 13.1. The third kappa shape index (κ3) is 7.25. The molecule has 1 atom stereocenters. The first kappa shape index (κ1) is 23.6. The molecule has 0 aliphatic rings. The van der Waals surface area contributed by atoms with Crippen LogP contribution in [0.25, 0.3) is 0 Å². The molecule has 0 aliphatic heterocycles. The molecule has 4 nitrogen and oxygen atoms in total. The van der Waals surface area contributed by atoms with Gasteiger partial charge in [0, 0.05) is 40.2 Å². The summed E-state index contributed by atoms with van der Waals surface area (Å²) in [4.78, 5) is 28.4. The Balaban J connectivity index is 2.15. The van der Waals surface area contributed by atoms with Crippen molar-refractivity contribution in [3.05, 3.63) is 64.1 Å². The summed E-state index contributed by atoms with van der Waals surface area (Å²) in [7, 11) is 0. The van der Waals surface area contributed by atoms with E-state index in [9.17, 15) is 9.59 Å². The van der Waals surface area contributed by atoms with Crippen molar-refractivity contribution in [2.45, 2.75) is 44.2 Å². The Hall–Kier alpha value is -1.69. The molecule has 0 spiro atoms. The summed E-state index contributed by atoms with van der Waals surface area (Å²) in [6.07, 6.45) is 0.856. The van der Waals surface area contributed by atoms with Crippen molar-refractivity contribution in [3.63, 3.8) is 0 Å². The fraction of sp³-hybridized carbons (Fsp3) is 0.364. The number of benzene rings is 2. The van der Waals surface area contributed by atoms with Gasteiger partial charge in [-0.05, 0) is 43.2 Å². The van der Waals surface area contributed by atoms with Gasteiger partial charge >= 0.3 is 0 Å². The van der Waals surface area contributed by atoms with E-state index in [-0.39, 0.29) is 18.4 Å². The van der Waals surface area contributed by atoms with Crippen LogP contribution >= 0.6 is 35.0 Å². The highest BCUT2D eigenvalue weighted by Crippen LogP contribution is 2.25. The molecule has 1 N–H and O–H groups in total. The molecule has 0 fully saturated rings. The number of hydrogen-bond acceptors (Lipinski definition) is 3. The minimum atomic E-state index is -0.545. The zero-order chi connectivity index (χ0) is 21.2. The lowest BCUT2D eigenvalue weighted by atomic mass is 10.1. The number of hydrogen-bond donors (Lipinski definition) is 1. The number of thioether (sulfide) groups is 1. The van der Waals surface area contributed by atoms with Crippen LogP contribution < -0.4 is 5.32 Å². The van der Waals surface area contributed by atoms with Gasteiger partial charge in [0.1, 0.15) is 6.04 Å². The molecule has 0 saturated heterocycles. The van der Waals surface area contributed by atoms with Crippen molar-refractivity contribution in [1.29, 1.82) is 0 Å². The lowest BCUT2D eigenvalue weighted by Gasteiger charge is -2.31. The van der Waals surface area contributed by atoms with Gasteiger partial charge < -0.3 is 10.2 Å². The van der Waals surface area contributed by atoms with Gasteiger partial charge in [0.15, 0.2) is 0 Å². The number of carbonyl (C=O) groups is 2. The van der Waals surface area contributed by atoms with Crippen molar-refractivity contribution in [2.24, 2.45) is 0 Å². The number of amides is 2. The first-order valence-corrected chi connectivity index (χ1v) is 11.4. The zero-order valence-corrected chi connectivity index (χ0v) is 19.0. The lowest BCUT2D eigenvalue weighted by molar-refractivity contribution is -0.141. The second-order valence-electron chi connectivity index (χ2n) is 6.49. The van der Waals surface area contributed by atoms with E-state index in [1.54, 1.807) is 34.9 Å². The molecule has 0 bridgehead atoms. The molecule has 0 aromatic heterocycles. The molecule has 2 rings (SSSR count). The van der Waals surface area contributed by atoms with Crippen LogP contribution in [-0.4, -0.2) is 35.1 Å². The van der Waals surface area contributed by atoms with Crippen molar-refractivity contribution in [2.75, 3.05) is 12.3 Å². The molecule has 2 aromatic carbocycles. The molecule has 29 heavy (non-hydrogen) atoms. The smallest absolute Gasteiger partial charge is 0.242 e. The van der Waals surface area contributed by atoms with Crippen molar-refractivity contribution < 1.29 is 9.59 Å². The SMILES string of the molecule is CCNC(=O)[C@@H](CC)N(Cc1ccc(Cl)cc1Cl)C(=O)CCSc1ccccc1. The van der Waals surface area contributed by atoms with Crippen molar-refractivity contribution >= 4 is 46.8 Å². The largest absolute Gasteiger partial charge is 0.355 e. The van der Waals surface area contributed by atoms with E-state index in [4.69, 9.17) is 23.2 Å².